The molecule has 0 saturated heterocycles. The van der Waals surface area contributed by atoms with Gasteiger partial charge in [0.2, 0.25) is 23.6 Å². The number of benzene rings is 3. The molecule has 2 fully saturated rings. The van der Waals surface area contributed by atoms with Crippen LogP contribution in [0.1, 0.15) is 67.2 Å². The van der Waals surface area contributed by atoms with E-state index in [2.05, 4.69) is 34.3 Å². The Hall–Kier alpha value is -5.43. The van der Waals surface area contributed by atoms with E-state index in [1.54, 1.807) is 18.2 Å². The Labute approximate surface area is 320 Å². The molecule has 2 saturated carbocycles. The highest BCUT2D eigenvalue weighted by Crippen LogP contribution is 2.61. The van der Waals surface area contributed by atoms with Crippen molar-refractivity contribution in [3.63, 3.8) is 0 Å². The number of rotatable bonds is 14. The summed E-state index contributed by atoms with van der Waals surface area (Å²) in [6, 6.07) is 19.1. The molecule has 0 unspecified atom stereocenters. The first-order chi connectivity index (χ1) is 26.4. The van der Waals surface area contributed by atoms with Crippen LogP contribution in [0, 0.1) is 17.3 Å². The van der Waals surface area contributed by atoms with E-state index in [4.69, 9.17) is 10.5 Å². The van der Waals surface area contributed by atoms with E-state index >= 15 is 0 Å². The second-order valence-electron chi connectivity index (χ2n) is 15.4. The van der Waals surface area contributed by atoms with Crippen LogP contribution in [0.5, 0.6) is 11.5 Å². The molecule has 6 rings (SSSR count). The molecule has 8 N–H and O–H groups in total. The number of fused-ring (bicyclic) bond motifs is 5. The van der Waals surface area contributed by atoms with Gasteiger partial charge in [0.15, 0.2) is 0 Å². The van der Waals surface area contributed by atoms with Crippen molar-refractivity contribution in [1.29, 1.82) is 0 Å². The van der Waals surface area contributed by atoms with Crippen molar-refractivity contribution in [2.45, 2.75) is 82.4 Å². The molecular formula is C42H51N5O8. The first-order valence-corrected chi connectivity index (χ1v) is 19.1. The highest BCUT2D eigenvalue weighted by atomic mass is 16.5. The second-order valence-corrected chi connectivity index (χ2v) is 15.4. The van der Waals surface area contributed by atoms with E-state index in [1.165, 1.54) is 23.3 Å². The number of nitrogens with two attached hydrogens (primary N) is 1. The average Bonchev–Trinajstić information content (AvgIpc) is 3.51. The number of amides is 4. The summed E-state index contributed by atoms with van der Waals surface area (Å²) >= 11 is 0. The van der Waals surface area contributed by atoms with E-state index in [9.17, 15) is 34.2 Å². The van der Waals surface area contributed by atoms with Gasteiger partial charge in [-0.25, -0.2) is 0 Å². The number of aryl methyl sites for hydroxylation is 1. The Bertz CT molecular complexity index is 1870. The standard InChI is InChI=1S/C42H51N5O8/c1-42-18-17-31-30-14-12-29(49)21-27(30)9-13-32(31)33(42)15-16-36(42)55-39(52)24-46-41(54)35(20-25-5-3-2-4-6-25)47-38(51)23-44-37(50)22-45-40(53)34(43)19-26-7-10-28(48)11-8-26/h2-8,10-12,14,21,31-36,48-49H,9,13,15-20,22-24,43H2,1H3,(H,44,50)(H,45,53)(H,46,54)(H,47,51)/t31-,32-,33+,34+,35+,36+,42+/m1/s1. The molecule has 0 aromatic heterocycles. The summed E-state index contributed by atoms with van der Waals surface area (Å²) in [6.07, 6.45) is 5.71. The van der Waals surface area contributed by atoms with Crippen LogP contribution in [0.3, 0.4) is 0 Å². The third-order valence-corrected chi connectivity index (χ3v) is 11.8. The predicted molar refractivity (Wildman–Crippen MR) is 203 cm³/mol. The normalized spacial score (nSPS) is 23.5. The maximum atomic E-state index is 13.4. The fraction of sp³-hybridized carbons (Fsp3) is 0.452. The number of phenolic OH excluding ortho intramolecular Hbond substituents is 2. The Morgan fingerprint density at radius 2 is 1.47 bits per heavy atom. The lowest BCUT2D eigenvalue weighted by Gasteiger charge is -2.50. The van der Waals surface area contributed by atoms with Gasteiger partial charge in [-0.2, -0.15) is 0 Å². The topological polar surface area (TPSA) is 209 Å². The van der Waals surface area contributed by atoms with E-state index in [1.807, 2.05) is 36.4 Å². The maximum Gasteiger partial charge on any atom is 0.325 e. The van der Waals surface area contributed by atoms with E-state index in [0.717, 1.165) is 49.7 Å². The number of nitrogens with one attached hydrogen (secondary N) is 4. The number of esters is 1. The summed E-state index contributed by atoms with van der Waals surface area (Å²) in [4.78, 5) is 64.3. The first-order valence-electron chi connectivity index (χ1n) is 19.1. The molecule has 13 nitrogen and oxygen atoms in total. The summed E-state index contributed by atoms with van der Waals surface area (Å²) in [5.74, 6) is -1.18. The lowest BCUT2D eigenvalue weighted by molar-refractivity contribution is -0.157. The highest BCUT2D eigenvalue weighted by Gasteiger charge is 2.56. The SMILES string of the molecule is C[C@]12CC[C@@H]3c4ccc(O)cc4CC[C@H]3[C@@H]1CC[C@@H]2OC(=O)CNC(=O)[C@H](Cc1ccccc1)NC(=O)CNC(=O)CNC(=O)[C@@H](N)Cc1ccc(O)cc1. The Morgan fingerprint density at radius 3 is 2.24 bits per heavy atom. The summed E-state index contributed by atoms with van der Waals surface area (Å²) in [7, 11) is 0. The summed E-state index contributed by atoms with van der Waals surface area (Å²) in [5, 5.41) is 29.6. The molecule has 55 heavy (non-hydrogen) atoms. The first kappa shape index (κ1) is 39.3. The number of ether oxygens (including phenoxy) is 1. The van der Waals surface area contributed by atoms with Crippen molar-refractivity contribution in [2.24, 2.45) is 23.0 Å². The number of carbonyl (C=O) groups is 5. The van der Waals surface area contributed by atoms with Crippen LogP contribution in [0.25, 0.3) is 0 Å². The van der Waals surface area contributed by atoms with Gasteiger partial charge >= 0.3 is 5.97 Å². The minimum absolute atomic E-state index is 0.0924. The second kappa shape index (κ2) is 17.4. The molecule has 0 radical (unpaired) electrons. The molecule has 0 bridgehead atoms. The van der Waals surface area contributed by atoms with Gasteiger partial charge in [-0.05, 0) is 109 Å². The maximum absolute atomic E-state index is 13.4. The Morgan fingerprint density at radius 1 is 0.782 bits per heavy atom. The monoisotopic (exact) mass is 753 g/mol. The Balaban J connectivity index is 0.969. The van der Waals surface area contributed by atoms with Crippen molar-refractivity contribution < 1.29 is 38.9 Å². The smallest absolute Gasteiger partial charge is 0.325 e. The zero-order valence-corrected chi connectivity index (χ0v) is 31.1. The number of hydrogen-bond acceptors (Lipinski definition) is 9. The van der Waals surface area contributed by atoms with Gasteiger partial charge in [-0.15, -0.1) is 0 Å². The molecule has 3 aromatic carbocycles. The molecule has 3 aliphatic carbocycles. The minimum Gasteiger partial charge on any atom is -0.508 e. The van der Waals surface area contributed by atoms with E-state index < -0.39 is 54.8 Å². The van der Waals surface area contributed by atoms with Crippen LogP contribution in [-0.2, 0) is 48.0 Å². The summed E-state index contributed by atoms with van der Waals surface area (Å²) in [5.41, 5.74) is 9.89. The van der Waals surface area contributed by atoms with Crippen molar-refractivity contribution >= 4 is 29.6 Å². The number of hydrogen-bond donors (Lipinski definition) is 7. The molecule has 0 aliphatic heterocycles. The quantitative estimate of drug-likeness (QED) is 0.121. The van der Waals surface area contributed by atoms with Crippen LogP contribution in [0.15, 0.2) is 72.8 Å². The zero-order valence-electron chi connectivity index (χ0n) is 31.1. The van der Waals surface area contributed by atoms with Crippen molar-refractivity contribution in [1.82, 2.24) is 21.3 Å². The van der Waals surface area contributed by atoms with Gasteiger partial charge in [-0.1, -0.05) is 55.5 Å². The number of aromatic hydroxyl groups is 2. The molecule has 0 heterocycles. The lowest BCUT2D eigenvalue weighted by Crippen LogP contribution is -2.52. The molecular weight excluding hydrogens is 702 g/mol. The molecule has 3 aromatic rings. The van der Waals surface area contributed by atoms with E-state index in [-0.39, 0.29) is 36.7 Å². The van der Waals surface area contributed by atoms with E-state index in [0.29, 0.717) is 23.5 Å². The van der Waals surface area contributed by atoms with Crippen LogP contribution >= 0.6 is 0 Å². The van der Waals surface area contributed by atoms with Crippen LogP contribution in [0.2, 0.25) is 0 Å². The summed E-state index contributed by atoms with van der Waals surface area (Å²) < 4.78 is 6.06. The van der Waals surface area contributed by atoms with Crippen LogP contribution in [0.4, 0.5) is 0 Å². The van der Waals surface area contributed by atoms with Crippen molar-refractivity contribution in [3.8, 4) is 11.5 Å². The Kier molecular flexibility index (Phi) is 12.4. The fourth-order valence-corrected chi connectivity index (χ4v) is 9.02. The van der Waals surface area contributed by atoms with Gasteiger partial charge in [0, 0.05) is 11.8 Å². The fourth-order valence-electron chi connectivity index (χ4n) is 9.02. The predicted octanol–water partition coefficient (Wildman–Crippen LogP) is 2.51. The third kappa shape index (κ3) is 9.63. The molecule has 3 aliphatic rings. The average molecular weight is 754 g/mol. The summed E-state index contributed by atoms with van der Waals surface area (Å²) in [6.45, 7) is 1.01. The molecule has 4 amide bonds. The lowest BCUT2D eigenvalue weighted by atomic mass is 9.55. The third-order valence-electron chi connectivity index (χ3n) is 11.8. The molecule has 13 heteroatoms. The minimum atomic E-state index is -1.04. The van der Waals surface area contributed by atoms with Gasteiger partial charge in [0.1, 0.15) is 30.2 Å². The van der Waals surface area contributed by atoms with Crippen LogP contribution in [-0.4, -0.2) is 77.6 Å². The van der Waals surface area contributed by atoms with Crippen LogP contribution < -0.4 is 27.0 Å². The highest BCUT2D eigenvalue weighted by molar-refractivity contribution is 5.92. The number of phenols is 2. The van der Waals surface area contributed by atoms with Crippen molar-refractivity contribution in [3.05, 3.63) is 95.1 Å². The van der Waals surface area contributed by atoms with Crippen molar-refractivity contribution in [2.75, 3.05) is 19.6 Å². The van der Waals surface area contributed by atoms with Gasteiger partial charge in [0.05, 0.1) is 19.1 Å². The van der Waals surface area contributed by atoms with Gasteiger partial charge < -0.3 is 42.0 Å². The van der Waals surface area contributed by atoms with Gasteiger partial charge in [0.25, 0.3) is 0 Å². The molecule has 0 spiro atoms. The zero-order chi connectivity index (χ0) is 39.1. The number of carbonyl (C=O) groups excluding carboxylic acids is 5. The molecule has 7 atom stereocenters. The largest absolute Gasteiger partial charge is 0.508 e. The molecule has 292 valence electrons. The van der Waals surface area contributed by atoms with Gasteiger partial charge in [-0.3, -0.25) is 24.0 Å².